The van der Waals surface area contributed by atoms with Crippen LogP contribution in [0.15, 0.2) is 36.4 Å². The molecule has 0 spiro atoms. The number of amides is 2. The number of benzene rings is 2. The highest BCUT2D eigenvalue weighted by Crippen LogP contribution is 2.35. The SMILES string of the molecule is COC(=O)c1ccc(NC(=O)Nc2cc(Cl)c(OC)cc2OC)cc1. The Kier molecular flexibility index (Phi) is 6.08. The summed E-state index contributed by atoms with van der Waals surface area (Å²) in [5.41, 5.74) is 1.28. The third-order valence-electron chi connectivity index (χ3n) is 3.29. The summed E-state index contributed by atoms with van der Waals surface area (Å²) in [4.78, 5) is 23.5. The fourth-order valence-electron chi connectivity index (χ4n) is 2.05. The summed E-state index contributed by atoms with van der Waals surface area (Å²) < 4.78 is 14.9. The van der Waals surface area contributed by atoms with Gasteiger partial charge < -0.3 is 24.8 Å². The van der Waals surface area contributed by atoms with Crippen LogP contribution in [-0.4, -0.2) is 33.3 Å². The predicted molar refractivity (Wildman–Crippen MR) is 95.0 cm³/mol. The van der Waals surface area contributed by atoms with E-state index in [4.69, 9.17) is 21.1 Å². The van der Waals surface area contributed by atoms with Gasteiger partial charge in [-0.2, -0.15) is 0 Å². The Morgan fingerprint density at radius 1 is 0.920 bits per heavy atom. The van der Waals surface area contributed by atoms with Crippen molar-refractivity contribution in [1.82, 2.24) is 0 Å². The first kappa shape index (κ1) is 18.4. The highest BCUT2D eigenvalue weighted by molar-refractivity contribution is 6.32. The van der Waals surface area contributed by atoms with Gasteiger partial charge in [-0.1, -0.05) is 11.6 Å². The van der Waals surface area contributed by atoms with Gasteiger partial charge in [-0.05, 0) is 30.3 Å². The van der Waals surface area contributed by atoms with Crippen molar-refractivity contribution in [2.24, 2.45) is 0 Å². The summed E-state index contributed by atoms with van der Waals surface area (Å²) >= 11 is 6.07. The van der Waals surface area contributed by atoms with Crippen molar-refractivity contribution in [2.45, 2.75) is 0 Å². The third kappa shape index (κ3) is 4.54. The molecule has 0 aliphatic rings. The van der Waals surface area contributed by atoms with Gasteiger partial charge in [0, 0.05) is 11.8 Å². The highest BCUT2D eigenvalue weighted by Gasteiger charge is 2.13. The van der Waals surface area contributed by atoms with Crippen molar-refractivity contribution >= 4 is 35.0 Å². The second kappa shape index (κ2) is 8.25. The van der Waals surface area contributed by atoms with Gasteiger partial charge in [-0.15, -0.1) is 0 Å². The van der Waals surface area contributed by atoms with Gasteiger partial charge in [0.05, 0.1) is 37.6 Å². The Bertz CT molecular complexity index is 777. The topological polar surface area (TPSA) is 85.9 Å². The number of hydrogen-bond donors (Lipinski definition) is 2. The normalized spacial score (nSPS) is 9.92. The van der Waals surface area contributed by atoms with Crippen molar-refractivity contribution in [3.8, 4) is 11.5 Å². The lowest BCUT2D eigenvalue weighted by Crippen LogP contribution is -2.20. The summed E-state index contributed by atoms with van der Waals surface area (Å²) in [6, 6.07) is 8.87. The van der Waals surface area contributed by atoms with Gasteiger partial charge in [0.25, 0.3) is 0 Å². The molecule has 0 heterocycles. The van der Waals surface area contributed by atoms with E-state index in [1.807, 2.05) is 0 Å². The summed E-state index contributed by atoms with van der Waals surface area (Å²) in [6.45, 7) is 0. The van der Waals surface area contributed by atoms with Crippen LogP contribution < -0.4 is 20.1 Å². The lowest BCUT2D eigenvalue weighted by Gasteiger charge is -2.13. The summed E-state index contributed by atoms with van der Waals surface area (Å²) in [5.74, 6) is 0.383. The zero-order valence-corrected chi connectivity index (χ0v) is 14.6. The van der Waals surface area contributed by atoms with E-state index in [-0.39, 0.29) is 0 Å². The van der Waals surface area contributed by atoms with Crippen molar-refractivity contribution < 1.29 is 23.8 Å². The van der Waals surface area contributed by atoms with Crippen LogP contribution in [0.4, 0.5) is 16.2 Å². The number of hydrogen-bond acceptors (Lipinski definition) is 5. The molecule has 0 aliphatic carbocycles. The molecule has 2 aromatic rings. The number of nitrogens with one attached hydrogen (secondary N) is 2. The number of urea groups is 1. The monoisotopic (exact) mass is 364 g/mol. The fraction of sp³-hybridized carbons (Fsp3) is 0.176. The second-order valence-corrected chi connectivity index (χ2v) is 5.24. The van der Waals surface area contributed by atoms with E-state index in [2.05, 4.69) is 15.4 Å². The molecule has 0 fully saturated rings. The van der Waals surface area contributed by atoms with Crippen LogP contribution in [0.5, 0.6) is 11.5 Å². The largest absolute Gasteiger partial charge is 0.495 e. The summed E-state index contributed by atoms with van der Waals surface area (Å²) in [6.07, 6.45) is 0. The van der Waals surface area contributed by atoms with E-state index < -0.39 is 12.0 Å². The van der Waals surface area contributed by atoms with Crippen LogP contribution in [0.1, 0.15) is 10.4 Å². The minimum absolute atomic E-state index is 0.334. The molecule has 8 heteroatoms. The molecule has 0 radical (unpaired) electrons. The molecule has 0 saturated carbocycles. The average Bonchev–Trinajstić information content (AvgIpc) is 2.62. The molecular formula is C17H17ClN2O5. The molecule has 2 aromatic carbocycles. The van der Waals surface area contributed by atoms with E-state index >= 15 is 0 Å². The smallest absolute Gasteiger partial charge is 0.337 e. The molecule has 7 nitrogen and oxygen atoms in total. The van der Waals surface area contributed by atoms with Gasteiger partial charge in [0.2, 0.25) is 0 Å². The second-order valence-electron chi connectivity index (χ2n) is 4.84. The van der Waals surface area contributed by atoms with Crippen LogP contribution in [0.25, 0.3) is 0 Å². The number of esters is 1. The molecule has 2 rings (SSSR count). The van der Waals surface area contributed by atoms with Gasteiger partial charge in [0.1, 0.15) is 11.5 Å². The van der Waals surface area contributed by atoms with Crippen molar-refractivity contribution in [3.63, 3.8) is 0 Å². The minimum Gasteiger partial charge on any atom is -0.495 e. The van der Waals surface area contributed by atoms with Gasteiger partial charge in [-0.25, -0.2) is 9.59 Å². The predicted octanol–water partition coefficient (Wildman–Crippen LogP) is 3.79. The molecule has 0 bridgehead atoms. The molecule has 0 aliphatic heterocycles. The average molecular weight is 365 g/mol. The number of carbonyl (C=O) groups is 2. The van der Waals surface area contributed by atoms with Crippen LogP contribution >= 0.6 is 11.6 Å². The van der Waals surface area contributed by atoms with Crippen LogP contribution in [0.3, 0.4) is 0 Å². The number of ether oxygens (including phenoxy) is 3. The molecule has 25 heavy (non-hydrogen) atoms. The minimum atomic E-state index is -0.495. The van der Waals surface area contributed by atoms with Crippen molar-refractivity contribution in [1.29, 1.82) is 0 Å². The Hall–Kier alpha value is -2.93. The van der Waals surface area contributed by atoms with Gasteiger partial charge >= 0.3 is 12.0 Å². The maximum Gasteiger partial charge on any atom is 0.337 e. The maximum absolute atomic E-state index is 12.1. The van der Waals surface area contributed by atoms with Gasteiger partial charge in [-0.3, -0.25) is 0 Å². The number of halogens is 1. The quantitative estimate of drug-likeness (QED) is 0.788. The van der Waals surface area contributed by atoms with E-state index in [1.165, 1.54) is 27.4 Å². The first-order chi connectivity index (χ1) is 12.0. The first-order valence-electron chi connectivity index (χ1n) is 7.16. The number of rotatable bonds is 5. The molecule has 2 amide bonds. The fourth-order valence-corrected chi connectivity index (χ4v) is 2.29. The van der Waals surface area contributed by atoms with Crippen LogP contribution in [0.2, 0.25) is 5.02 Å². The highest BCUT2D eigenvalue weighted by atomic mass is 35.5. The van der Waals surface area contributed by atoms with E-state index in [0.717, 1.165) is 0 Å². The lowest BCUT2D eigenvalue weighted by molar-refractivity contribution is 0.0600. The Morgan fingerprint density at radius 2 is 1.56 bits per heavy atom. The Balaban J connectivity index is 2.10. The summed E-state index contributed by atoms with van der Waals surface area (Å²) in [5, 5.41) is 5.62. The standard InChI is InChI=1S/C17H17ClN2O5/c1-23-14-9-15(24-2)13(8-12(14)18)20-17(22)19-11-6-4-10(5-7-11)16(21)25-3/h4-9H,1-3H3,(H2,19,20,22). The van der Waals surface area contributed by atoms with Gasteiger partial charge in [0.15, 0.2) is 0 Å². The Labute approximate surface area is 149 Å². The van der Waals surface area contributed by atoms with E-state index in [1.54, 1.807) is 30.3 Å². The molecule has 0 atom stereocenters. The van der Waals surface area contributed by atoms with Crippen molar-refractivity contribution in [2.75, 3.05) is 32.0 Å². The molecule has 0 unspecified atom stereocenters. The molecule has 132 valence electrons. The maximum atomic E-state index is 12.1. The summed E-state index contributed by atoms with van der Waals surface area (Å²) in [7, 11) is 4.26. The Morgan fingerprint density at radius 3 is 2.12 bits per heavy atom. The number of anilines is 2. The molecule has 2 N–H and O–H groups in total. The van der Waals surface area contributed by atoms with E-state index in [9.17, 15) is 9.59 Å². The van der Waals surface area contributed by atoms with Crippen LogP contribution in [0, 0.1) is 0 Å². The molecule has 0 aromatic heterocycles. The van der Waals surface area contributed by atoms with Crippen molar-refractivity contribution in [3.05, 3.63) is 47.0 Å². The molecule has 0 saturated heterocycles. The third-order valence-corrected chi connectivity index (χ3v) is 3.58. The number of methoxy groups -OCH3 is 3. The zero-order chi connectivity index (χ0) is 18.4. The zero-order valence-electron chi connectivity index (χ0n) is 13.9. The lowest BCUT2D eigenvalue weighted by atomic mass is 10.2. The molecular weight excluding hydrogens is 348 g/mol. The number of carbonyl (C=O) groups excluding carboxylic acids is 2. The first-order valence-corrected chi connectivity index (χ1v) is 7.54. The van der Waals surface area contributed by atoms with E-state index in [0.29, 0.717) is 33.5 Å². The van der Waals surface area contributed by atoms with Crippen LogP contribution in [-0.2, 0) is 4.74 Å².